The highest BCUT2D eigenvalue weighted by Gasteiger charge is 2.09. The fraction of sp³-hybridized carbons (Fsp3) is 0.286. The summed E-state index contributed by atoms with van der Waals surface area (Å²) in [6.45, 7) is 0.681. The van der Waals surface area contributed by atoms with Gasteiger partial charge < -0.3 is 10.6 Å². The smallest absolute Gasteiger partial charge is 0.272 e. The highest BCUT2D eigenvalue weighted by Crippen LogP contribution is 2.26. The van der Waals surface area contributed by atoms with E-state index >= 15 is 0 Å². The average molecular weight is 419 g/mol. The van der Waals surface area contributed by atoms with Gasteiger partial charge in [0.15, 0.2) is 0 Å². The predicted octanol–water partition coefficient (Wildman–Crippen LogP) is 3.68. The topological polar surface area (TPSA) is 86.9 Å². The number of carbonyl (C=O) groups excluding carboxylic acids is 1. The Hall–Kier alpha value is -2.77. The van der Waals surface area contributed by atoms with Gasteiger partial charge in [0.2, 0.25) is 5.91 Å². The van der Waals surface area contributed by atoms with Crippen molar-refractivity contribution >= 4 is 34.8 Å². The van der Waals surface area contributed by atoms with Crippen LogP contribution in [0.15, 0.2) is 53.3 Å². The van der Waals surface area contributed by atoms with Gasteiger partial charge in [0, 0.05) is 29.6 Å². The lowest BCUT2D eigenvalue weighted by Crippen LogP contribution is -2.18. The van der Waals surface area contributed by atoms with Crippen molar-refractivity contribution in [3.8, 4) is 11.3 Å². The minimum Gasteiger partial charge on any atom is -0.326 e. The maximum atomic E-state index is 12.2. The van der Waals surface area contributed by atoms with Crippen molar-refractivity contribution in [2.45, 2.75) is 19.3 Å². The number of halogens is 2. The first-order valence-corrected chi connectivity index (χ1v) is 9.33. The Labute approximate surface area is 174 Å². The number of benzene rings is 2. The van der Waals surface area contributed by atoms with Crippen molar-refractivity contribution in [2.75, 3.05) is 25.1 Å². The zero-order chi connectivity index (χ0) is 19.8. The van der Waals surface area contributed by atoms with E-state index in [-0.39, 0.29) is 30.5 Å². The summed E-state index contributed by atoms with van der Waals surface area (Å²) >= 11 is 0. The van der Waals surface area contributed by atoms with Crippen LogP contribution in [-0.2, 0) is 4.79 Å². The molecule has 0 bridgehead atoms. The number of carbonyl (C=O) groups is 1. The van der Waals surface area contributed by atoms with Crippen LogP contribution < -0.4 is 16.2 Å². The molecule has 0 radical (unpaired) electrons. The van der Waals surface area contributed by atoms with Crippen LogP contribution in [0, 0.1) is 0 Å². The van der Waals surface area contributed by atoms with Crippen LogP contribution in [0.4, 0.5) is 10.1 Å². The molecule has 8 heteroatoms. The molecule has 2 aromatic carbocycles. The number of nitrogens with one attached hydrogen (secondary N) is 3. The van der Waals surface area contributed by atoms with Gasteiger partial charge >= 0.3 is 0 Å². The van der Waals surface area contributed by atoms with Gasteiger partial charge in [-0.2, -0.15) is 5.10 Å². The fourth-order valence-electron chi connectivity index (χ4n) is 3.03. The number of amides is 1. The highest BCUT2D eigenvalue weighted by atomic mass is 35.5. The normalized spacial score (nSPS) is 10.5. The van der Waals surface area contributed by atoms with Crippen LogP contribution in [-0.4, -0.2) is 35.9 Å². The quantitative estimate of drug-likeness (QED) is 0.462. The molecule has 0 aliphatic heterocycles. The van der Waals surface area contributed by atoms with Crippen molar-refractivity contribution in [1.82, 2.24) is 15.5 Å². The number of nitrogens with zero attached hydrogens (tertiary/aromatic N) is 1. The van der Waals surface area contributed by atoms with E-state index in [0.29, 0.717) is 36.3 Å². The summed E-state index contributed by atoms with van der Waals surface area (Å²) in [5.74, 6) is -0.0677. The van der Waals surface area contributed by atoms with E-state index in [2.05, 4.69) is 20.8 Å². The van der Waals surface area contributed by atoms with E-state index in [0.717, 1.165) is 23.8 Å². The lowest BCUT2D eigenvalue weighted by Gasteiger charge is -2.09. The fourth-order valence-corrected chi connectivity index (χ4v) is 3.03. The molecule has 0 atom stereocenters. The number of H-pyrrole nitrogens is 1. The van der Waals surface area contributed by atoms with E-state index in [4.69, 9.17) is 0 Å². The summed E-state index contributed by atoms with van der Waals surface area (Å²) in [7, 11) is 0. The molecule has 1 amide bonds. The molecule has 3 aromatic rings. The number of alkyl halides is 1. The number of hydrogen-bond donors (Lipinski definition) is 3. The molecule has 0 fully saturated rings. The summed E-state index contributed by atoms with van der Waals surface area (Å²) in [4.78, 5) is 24.1. The third-order valence-electron chi connectivity index (χ3n) is 4.39. The molecule has 1 aromatic heterocycles. The van der Waals surface area contributed by atoms with Crippen LogP contribution in [0.2, 0.25) is 0 Å². The maximum Gasteiger partial charge on any atom is 0.272 e. The number of unbranched alkanes of at least 4 members (excludes halogenated alkanes) is 1. The van der Waals surface area contributed by atoms with Gasteiger partial charge in [-0.1, -0.05) is 30.3 Å². The number of hydrogen-bond acceptors (Lipinski definition) is 4. The van der Waals surface area contributed by atoms with E-state index in [1.807, 2.05) is 42.5 Å². The largest absolute Gasteiger partial charge is 0.326 e. The monoisotopic (exact) mass is 418 g/mol. The molecule has 0 aliphatic carbocycles. The van der Waals surface area contributed by atoms with Crippen LogP contribution >= 0.6 is 12.4 Å². The van der Waals surface area contributed by atoms with Gasteiger partial charge in [-0.25, -0.2) is 9.49 Å². The van der Waals surface area contributed by atoms with Crippen molar-refractivity contribution in [2.24, 2.45) is 0 Å². The summed E-state index contributed by atoms with van der Waals surface area (Å²) in [6, 6.07) is 14.7. The second kappa shape index (κ2) is 11.3. The maximum absolute atomic E-state index is 12.2. The molecule has 0 aliphatic rings. The molecule has 154 valence electrons. The summed E-state index contributed by atoms with van der Waals surface area (Å²) in [5, 5.41) is 13.9. The highest BCUT2D eigenvalue weighted by molar-refractivity contribution is 5.95. The zero-order valence-corrected chi connectivity index (χ0v) is 16.7. The van der Waals surface area contributed by atoms with Crippen molar-refractivity contribution in [3.63, 3.8) is 0 Å². The van der Waals surface area contributed by atoms with Crippen LogP contribution in [0.25, 0.3) is 22.0 Å². The molecular formula is C21H24ClFN4O2. The number of aromatic nitrogens is 2. The van der Waals surface area contributed by atoms with E-state index in [1.54, 1.807) is 6.07 Å². The first kappa shape index (κ1) is 22.5. The van der Waals surface area contributed by atoms with E-state index < -0.39 is 0 Å². The van der Waals surface area contributed by atoms with Crippen molar-refractivity contribution < 1.29 is 9.18 Å². The van der Waals surface area contributed by atoms with Crippen molar-refractivity contribution in [1.29, 1.82) is 0 Å². The second-order valence-corrected chi connectivity index (χ2v) is 6.47. The molecule has 0 saturated carbocycles. The Morgan fingerprint density at radius 2 is 1.83 bits per heavy atom. The van der Waals surface area contributed by atoms with Crippen LogP contribution in [0.1, 0.15) is 19.3 Å². The average Bonchev–Trinajstić information content (AvgIpc) is 2.71. The zero-order valence-electron chi connectivity index (χ0n) is 15.9. The third kappa shape index (κ3) is 6.10. The molecular weight excluding hydrogens is 395 g/mol. The standard InChI is InChI=1S/C21H23FN4O2.ClH/c22-11-13-23-12-4-3-10-19(27)24-16-7-5-6-15(14-16)20-17-8-1-2-9-18(17)21(28)26-25-20;/h1-2,5-9,14,23H,3-4,10-13H2,(H,24,27)(H,26,28);1H. The molecule has 3 rings (SSSR count). The third-order valence-corrected chi connectivity index (χ3v) is 4.39. The molecule has 3 N–H and O–H groups in total. The number of aromatic amines is 1. The van der Waals surface area contributed by atoms with Gasteiger partial charge in [0.05, 0.1) is 11.1 Å². The molecule has 0 saturated heterocycles. The minimum atomic E-state index is -0.379. The first-order valence-electron chi connectivity index (χ1n) is 9.33. The molecule has 29 heavy (non-hydrogen) atoms. The molecule has 0 unspecified atom stereocenters. The van der Waals surface area contributed by atoms with Gasteiger partial charge in [-0.15, -0.1) is 12.4 Å². The Balaban J connectivity index is 0.00000300. The molecule has 6 nitrogen and oxygen atoms in total. The lowest BCUT2D eigenvalue weighted by molar-refractivity contribution is -0.116. The first-order chi connectivity index (χ1) is 13.7. The summed E-state index contributed by atoms with van der Waals surface area (Å²) in [6.07, 6.45) is 1.96. The summed E-state index contributed by atoms with van der Waals surface area (Å²) < 4.78 is 12.0. The Kier molecular flexibility index (Phi) is 8.76. The van der Waals surface area contributed by atoms with Gasteiger partial charge in [0.25, 0.3) is 5.56 Å². The van der Waals surface area contributed by atoms with Gasteiger partial charge in [-0.3, -0.25) is 9.59 Å². The predicted molar refractivity (Wildman–Crippen MR) is 116 cm³/mol. The van der Waals surface area contributed by atoms with Crippen LogP contribution in [0.5, 0.6) is 0 Å². The number of anilines is 1. The number of rotatable bonds is 9. The molecule has 0 spiro atoms. The van der Waals surface area contributed by atoms with Gasteiger partial charge in [-0.05, 0) is 37.6 Å². The Morgan fingerprint density at radius 1 is 1.03 bits per heavy atom. The number of fused-ring (bicyclic) bond motifs is 1. The summed E-state index contributed by atoms with van der Waals surface area (Å²) in [5.41, 5.74) is 1.91. The molecule has 1 heterocycles. The lowest BCUT2D eigenvalue weighted by atomic mass is 10.0. The van der Waals surface area contributed by atoms with E-state index in [9.17, 15) is 14.0 Å². The second-order valence-electron chi connectivity index (χ2n) is 6.47. The van der Waals surface area contributed by atoms with Gasteiger partial charge in [0.1, 0.15) is 6.67 Å². The SMILES string of the molecule is Cl.O=C(CCCCNCCF)Nc1cccc(-c2n[nH]c(=O)c3ccccc23)c1. The van der Waals surface area contributed by atoms with Crippen LogP contribution in [0.3, 0.4) is 0 Å². The van der Waals surface area contributed by atoms with Crippen molar-refractivity contribution in [3.05, 3.63) is 58.9 Å². The Morgan fingerprint density at radius 3 is 2.62 bits per heavy atom. The van der Waals surface area contributed by atoms with E-state index in [1.165, 1.54) is 0 Å². The Bertz CT molecular complexity index is 1010. The minimum absolute atomic E-state index is 0.